The number of carbonyl (C=O) groups excluding carboxylic acids is 1. The van der Waals surface area contributed by atoms with Crippen LogP contribution in [0.5, 0.6) is 0 Å². The normalized spacial score (nSPS) is 15.5. The average Bonchev–Trinajstić information content (AvgIpc) is 3.25. The second-order valence-corrected chi connectivity index (χ2v) is 7.93. The Kier molecular flexibility index (Phi) is 4.96. The molecule has 1 aliphatic heterocycles. The summed E-state index contributed by atoms with van der Waals surface area (Å²) in [6.07, 6.45) is 3.62. The first-order chi connectivity index (χ1) is 13.6. The fourth-order valence-electron chi connectivity index (χ4n) is 3.14. The minimum Gasteiger partial charge on any atom is -0.378 e. The average molecular weight is 391 g/mol. The summed E-state index contributed by atoms with van der Waals surface area (Å²) in [4.78, 5) is 19.8. The fourth-order valence-corrected chi connectivity index (χ4v) is 4.06. The molecule has 0 atom stereocenters. The first-order valence-corrected chi connectivity index (χ1v) is 10.2. The number of hydrazone groups is 1. The minimum atomic E-state index is -0.112. The molecule has 0 unspecified atom stereocenters. The number of hydrogen-bond acceptors (Lipinski definition) is 5. The lowest BCUT2D eigenvalue weighted by Crippen LogP contribution is -2.21. The van der Waals surface area contributed by atoms with Crippen molar-refractivity contribution in [3.63, 3.8) is 0 Å². The number of amides is 1. The lowest BCUT2D eigenvalue weighted by atomic mass is 10.0. The van der Waals surface area contributed by atoms with Crippen LogP contribution in [0, 0.1) is 0 Å². The maximum atomic E-state index is 13.1. The van der Waals surface area contributed by atoms with E-state index in [-0.39, 0.29) is 5.91 Å². The smallest absolute Gasteiger partial charge is 0.282 e. The Morgan fingerprint density at radius 3 is 2.54 bits per heavy atom. The number of anilines is 2. The lowest BCUT2D eigenvalue weighted by Gasteiger charge is -2.12. The quantitative estimate of drug-likeness (QED) is 0.579. The van der Waals surface area contributed by atoms with Crippen molar-refractivity contribution in [2.24, 2.45) is 5.10 Å². The number of benzene rings is 2. The zero-order chi connectivity index (χ0) is 19.7. The van der Waals surface area contributed by atoms with Gasteiger partial charge in [0, 0.05) is 19.8 Å². The molecule has 2 aromatic carbocycles. The summed E-state index contributed by atoms with van der Waals surface area (Å²) >= 11 is 1.49. The largest absolute Gasteiger partial charge is 0.378 e. The van der Waals surface area contributed by atoms with E-state index in [1.54, 1.807) is 0 Å². The van der Waals surface area contributed by atoms with Crippen molar-refractivity contribution in [2.45, 2.75) is 19.8 Å². The van der Waals surface area contributed by atoms with E-state index in [1.165, 1.54) is 16.3 Å². The summed E-state index contributed by atoms with van der Waals surface area (Å²) in [5, 5.41) is 6.69. The third-order valence-corrected chi connectivity index (χ3v) is 5.64. The maximum absolute atomic E-state index is 13.1. The van der Waals surface area contributed by atoms with E-state index in [0.29, 0.717) is 10.7 Å². The number of nitrogens with zero attached hydrogens (tertiary/aromatic N) is 4. The Morgan fingerprint density at radius 1 is 1.11 bits per heavy atom. The van der Waals surface area contributed by atoms with Crippen LogP contribution in [0.4, 0.5) is 10.8 Å². The van der Waals surface area contributed by atoms with Gasteiger partial charge in [-0.15, -0.1) is 0 Å². The number of hydrogen-bond donors (Lipinski definition) is 0. The van der Waals surface area contributed by atoms with Crippen LogP contribution in [0.1, 0.15) is 25.3 Å². The molecule has 6 heteroatoms. The second kappa shape index (κ2) is 7.56. The molecule has 0 aliphatic carbocycles. The summed E-state index contributed by atoms with van der Waals surface area (Å²) in [5.41, 5.74) is 4.48. The topological polar surface area (TPSA) is 48.8 Å². The number of fused-ring (bicyclic) bond motifs is 1. The number of thiazole rings is 1. The predicted octanol–water partition coefficient (Wildman–Crippen LogP) is 4.95. The molecule has 0 spiro atoms. The number of aromatic nitrogens is 1. The molecule has 1 aliphatic rings. The summed E-state index contributed by atoms with van der Waals surface area (Å²) in [5.74, 6) is -0.112. The summed E-state index contributed by atoms with van der Waals surface area (Å²) in [6, 6.07) is 16.0. The highest BCUT2D eigenvalue weighted by Crippen LogP contribution is 2.33. The molecule has 0 bridgehead atoms. The molecule has 2 heterocycles. The van der Waals surface area contributed by atoms with E-state index < -0.39 is 0 Å². The SMILES string of the molecule is CCCC1=NN(c2nc3ccccc3s2)C(=O)/C1=C\c1ccc(N(C)C)cc1. The molecule has 1 aromatic heterocycles. The van der Waals surface area contributed by atoms with Gasteiger partial charge in [-0.3, -0.25) is 4.79 Å². The summed E-state index contributed by atoms with van der Waals surface area (Å²) in [7, 11) is 4.02. The molecule has 0 N–H and O–H groups in total. The number of carbonyl (C=O) groups is 1. The highest BCUT2D eigenvalue weighted by molar-refractivity contribution is 7.22. The van der Waals surface area contributed by atoms with Gasteiger partial charge in [-0.2, -0.15) is 10.1 Å². The predicted molar refractivity (Wildman–Crippen MR) is 118 cm³/mol. The van der Waals surface area contributed by atoms with E-state index in [9.17, 15) is 4.79 Å². The van der Waals surface area contributed by atoms with Crippen molar-refractivity contribution >= 4 is 50.1 Å². The number of rotatable bonds is 5. The van der Waals surface area contributed by atoms with Crippen molar-refractivity contribution in [1.82, 2.24) is 4.98 Å². The van der Waals surface area contributed by atoms with Crippen LogP contribution < -0.4 is 9.91 Å². The van der Waals surface area contributed by atoms with Gasteiger partial charge in [0.1, 0.15) is 0 Å². The Hall–Kier alpha value is -2.99. The molecule has 0 saturated heterocycles. The van der Waals surface area contributed by atoms with Gasteiger partial charge in [0.15, 0.2) is 0 Å². The highest BCUT2D eigenvalue weighted by Gasteiger charge is 2.32. The molecule has 3 aromatic rings. The molecular weight excluding hydrogens is 368 g/mol. The first kappa shape index (κ1) is 18.4. The Labute approximate surface area is 168 Å². The molecule has 0 saturated carbocycles. The van der Waals surface area contributed by atoms with Gasteiger partial charge in [-0.1, -0.05) is 48.9 Å². The van der Waals surface area contributed by atoms with Gasteiger partial charge >= 0.3 is 0 Å². The van der Waals surface area contributed by atoms with Gasteiger partial charge in [0.05, 0.1) is 21.5 Å². The van der Waals surface area contributed by atoms with Crippen LogP contribution >= 0.6 is 11.3 Å². The standard InChI is InChI=1S/C22H22N4OS/c1-4-7-18-17(14-15-10-12-16(13-11-15)25(2)3)21(27)26(24-18)22-23-19-8-5-6-9-20(19)28-22/h5-6,8-14H,4,7H2,1-3H3/b17-14-. The molecule has 4 rings (SSSR count). The van der Waals surface area contributed by atoms with Crippen LogP contribution in [-0.2, 0) is 4.79 Å². The minimum absolute atomic E-state index is 0.112. The molecule has 0 fully saturated rings. The van der Waals surface area contributed by atoms with E-state index in [2.05, 4.69) is 21.9 Å². The van der Waals surface area contributed by atoms with E-state index >= 15 is 0 Å². The molecular formula is C22H22N4OS. The Morgan fingerprint density at radius 2 is 1.86 bits per heavy atom. The van der Waals surface area contributed by atoms with Crippen LogP contribution in [0.15, 0.2) is 59.2 Å². The third kappa shape index (κ3) is 3.43. The van der Waals surface area contributed by atoms with Crippen LogP contribution in [0.25, 0.3) is 16.3 Å². The third-order valence-electron chi connectivity index (χ3n) is 4.63. The maximum Gasteiger partial charge on any atom is 0.282 e. The second-order valence-electron chi connectivity index (χ2n) is 6.92. The van der Waals surface area contributed by atoms with Crippen molar-refractivity contribution in [1.29, 1.82) is 0 Å². The summed E-state index contributed by atoms with van der Waals surface area (Å²) in [6.45, 7) is 2.09. The molecule has 5 nitrogen and oxygen atoms in total. The van der Waals surface area contributed by atoms with Gasteiger partial charge in [0.2, 0.25) is 5.13 Å². The Balaban J connectivity index is 1.69. The van der Waals surface area contributed by atoms with Gasteiger partial charge in [0.25, 0.3) is 5.91 Å². The monoisotopic (exact) mass is 390 g/mol. The number of para-hydroxylation sites is 1. The molecule has 1 amide bonds. The lowest BCUT2D eigenvalue weighted by molar-refractivity contribution is -0.114. The molecule has 142 valence electrons. The van der Waals surface area contributed by atoms with Crippen LogP contribution in [0.2, 0.25) is 0 Å². The zero-order valence-electron chi connectivity index (χ0n) is 16.2. The van der Waals surface area contributed by atoms with Crippen molar-refractivity contribution in [2.75, 3.05) is 24.0 Å². The van der Waals surface area contributed by atoms with Crippen molar-refractivity contribution in [3.8, 4) is 0 Å². The van der Waals surface area contributed by atoms with Gasteiger partial charge < -0.3 is 4.90 Å². The van der Waals surface area contributed by atoms with Crippen molar-refractivity contribution < 1.29 is 4.79 Å². The van der Waals surface area contributed by atoms with E-state index in [1.807, 2.05) is 68.7 Å². The van der Waals surface area contributed by atoms with Gasteiger partial charge in [-0.05, 0) is 42.3 Å². The van der Waals surface area contributed by atoms with Gasteiger partial charge in [-0.25, -0.2) is 4.98 Å². The van der Waals surface area contributed by atoms with Crippen molar-refractivity contribution in [3.05, 3.63) is 59.7 Å². The van der Waals surface area contributed by atoms with Crippen LogP contribution in [0.3, 0.4) is 0 Å². The molecule has 28 heavy (non-hydrogen) atoms. The van der Waals surface area contributed by atoms with E-state index in [0.717, 1.165) is 40.0 Å². The molecule has 0 radical (unpaired) electrons. The fraction of sp³-hybridized carbons (Fsp3) is 0.227. The first-order valence-electron chi connectivity index (χ1n) is 9.34. The zero-order valence-corrected chi connectivity index (χ0v) is 17.0. The highest BCUT2D eigenvalue weighted by atomic mass is 32.1. The summed E-state index contributed by atoms with van der Waals surface area (Å²) < 4.78 is 1.05. The van der Waals surface area contributed by atoms with Crippen LogP contribution in [-0.4, -0.2) is 30.7 Å². The van der Waals surface area contributed by atoms with E-state index in [4.69, 9.17) is 0 Å². The Bertz CT molecular complexity index is 1050.